The highest BCUT2D eigenvalue weighted by molar-refractivity contribution is 7.17. The van der Waals surface area contributed by atoms with E-state index >= 15 is 0 Å². The number of carbonyl (C=O) groups is 1. The second-order valence-electron chi connectivity index (χ2n) is 4.52. The predicted octanol–water partition coefficient (Wildman–Crippen LogP) is 1.72. The van der Waals surface area contributed by atoms with Crippen LogP contribution >= 0.6 is 11.3 Å². The molecule has 2 rings (SSSR count). The summed E-state index contributed by atoms with van der Waals surface area (Å²) in [4.78, 5) is 18.3. The van der Waals surface area contributed by atoms with Crippen LogP contribution in [-0.2, 0) is 16.1 Å². The van der Waals surface area contributed by atoms with Gasteiger partial charge in [0, 0.05) is 20.2 Å². The van der Waals surface area contributed by atoms with E-state index in [1.165, 1.54) is 11.3 Å². The number of hydrogen-bond donors (Lipinski definition) is 0. The Morgan fingerprint density at radius 2 is 2.17 bits per heavy atom. The van der Waals surface area contributed by atoms with Crippen molar-refractivity contribution in [3.8, 4) is 0 Å². The van der Waals surface area contributed by atoms with Crippen LogP contribution in [-0.4, -0.2) is 43.7 Å². The molecule has 0 amide bonds. The summed E-state index contributed by atoms with van der Waals surface area (Å²) in [6.45, 7) is 6.09. The molecule has 1 aliphatic heterocycles. The molecule has 0 N–H and O–H groups in total. The number of methoxy groups -OCH3 is 1. The van der Waals surface area contributed by atoms with Crippen molar-refractivity contribution in [1.29, 1.82) is 0 Å². The third-order valence-electron chi connectivity index (χ3n) is 2.79. The fourth-order valence-corrected chi connectivity index (χ4v) is 3.05. The minimum Gasteiger partial charge on any atom is -0.378 e. The normalized spacial score (nSPS) is 24.3. The lowest BCUT2D eigenvalue weighted by molar-refractivity contribution is -0.00524. The topological polar surface area (TPSA) is 51.7 Å². The van der Waals surface area contributed by atoms with E-state index in [9.17, 15) is 4.79 Å². The second kappa shape index (κ2) is 5.77. The van der Waals surface area contributed by atoms with Crippen LogP contribution in [0.15, 0.2) is 0 Å². The van der Waals surface area contributed by atoms with Crippen molar-refractivity contribution >= 4 is 22.8 Å². The Labute approximate surface area is 111 Å². The maximum atomic E-state index is 11.0. The molecule has 1 fully saturated rings. The predicted molar refractivity (Wildman–Crippen MR) is 70.4 cm³/mol. The maximum absolute atomic E-state index is 11.0. The lowest BCUT2D eigenvalue weighted by atomic mass is 10.2. The summed E-state index contributed by atoms with van der Waals surface area (Å²) in [7, 11) is 1.60. The van der Waals surface area contributed by atoms with Gasteiger partial charge in [-0.2, -0.15) is 0 Å². The average Bonchev–Trinajstić information content (AvgIpc) is 2.71. The Balaban J connectivity index is 2.19. The van der Waals surface area contributed by atoms with E-state index in [0.29, 0.717) is 11.5 Å². The summed E-state index contributed by atoms with van der Waals surface area (Å²) >= 11 is 1.42. The number of ether oxygens (including phenoxy) is 2. The molecule has 1 aromatic rings. The van der Waals surface area contributed by atoms with Crippen LogP contribution in [0.1, 0.15) is 29.2 Å². The standard InChI is InChI=1S/C12H18N2O3S/c1-8-4-14(5-9(2)17-8)12-13-10(7-16-3)11(6-15)18-12/h6,8-9H,4-5,7H2,1-3H3. The summed E-state index contributed by atoms with van der Waals surface area (Å²) in [5.41, 5.74) is 0.722. The van der Waals surface area contributed by atoms with Crippen LogP contribution in [0.3, 0.4) is 0 Å². The second-order valence-corrected chi connectivity index (χ2v) is 5.53. The fraction of sp³-hybridized carbons (Fsp3) is 0.667. The zero-order valence-corrected chi connectivity index (χ0v) is 11.7. The van der Waals surface area contributed by atoms with Gasteiger partial charge < -0.3 is 14.4 Å². The molecule has 2 heterocycles. The molecule has 0 radical (unpaired) electrons. The number of nitrogens with zero attached hydrogens (tertiary/aromatic N) is 2. The zero-order valence-electron chi connectivity index (χ0n) is 10.9. The molecule has 6 heteroatoms. The number of carbonyl (C=O) groups excluding carboxylic acids is 1. The van der Waals surface area contributed by atoms with Crippen LogP contribution in [0.2, 0.25) is 0 Å². The average molecular weight is 270 g/mol. The van der Waals surface area contributed by atoms with E-state index in [4.69, 9.17) is 9.47 Å². The van der Waals surface area contributed by atoms with E-state index in [1.54, 1.807) is 7.11 Å². The molecule has 0 aliphatic carbocycles. The summed E-state index contributed by atoms with van der Waals surface area (Å²) in [6, 6.07) is 0. The first-order chi connectivity index (χ1) is 8.63. The first-order valence-corrected chi connectivity index (χ1v) is 6.80. The fourth-order valence-electron chi connectivity index (χ4n) is 2.15. The molecule has 100 valence electrons. The minimum atomic E-state index is 0.184. The van der Waals surface area contributed by atoms with Gasteiger partial charge in [-0.05, 0) is 13.8 Å². The van der Waals surface area contributed by atoms with Crippen molar-refractivity contribution in [3.05, 3.63) is 10.6 Å². The SMILES string of the molecule is COCc1nc(N2CC(C)OC(C)C2)sc1C=O. The van der Waals surface area contributed by atoms with Gasteiger partial charge in [0.15, 0.2) is 11.4 Å². The Hall–Kier alpha value is -0.980. The van der Waals surface area contributed by atoms with Gasteiger partial charge >= 0.3 is 0 Å². The molecule has 2 unspecified atom stereocenters. The molecule has 0 spiro atoms. The first kappa shape index (κ1) is 13.5. The number of anilines is 1. The highest BCUT2D eigenvalue weighted by Gasteiger charge is 2.25. The Morgan fingerprint density at radius 3 is 2.72 bits per heavy atom. The van der Waals surface area contributed by atoms with Crippen molar-refractivity contribution in [2.45, 2.75) is 32.7 Å². The molecule has 1 aromatic heterocycles. The third-order valence-corrected chi connectivity index (χ3v) is 3.88. The molecular weight excluding hydrogens is 252 g/mol. The Morgan fingerprint density at radius 1 is 1.50 bits per heavy atom. The summed E-state index contributed by atoms with van der Waals surface area (Å²) in [5, 5.41) is 0.881. The summed E-state index contributed by atoms with van der Waals surface area (Å²) < 4.78 is 10.7. The summed E-state index contributed by atoms with van der Waals surface area (Å²) in [6.07, 6.45) is 1.22. The van der Waals surface area contributed by atoms with Crippen LogP contribution < -0.4 is 4.90 Å². The number of morpholine rings is 1. The third kappa shape index (κ3) is 2.88. The maximum Gasteiger partial charge on any atom is 0.186 e. The van der Waals surface area contributed by atoms with Crippen molar-refractivity contribution in [2.24, 2.45) is 0 Å². The Kier molecular flexibility index (Phi) is 4.31. The van der Waals surface area contributed by atoms with E-state index in [-0.39, 0.29) is 12.2 Å². The minimum absolute atomic E-state index is 0.184. The number of thiazole rings is 1. The van der Waals surface area contributed by atoms with E-state index in [1.807, 2.05) is 13.8 Å². The zero-order chi connectivity index (χ0) is 13.1. The van der Waals surface area contributed by atoms with Crippen molar-refractivity contribution in [1.82, 2.24) is 4.98 Å². The van der Waals surface area contributed by atoms with E-state index in [2.05, 4.69) is 9.88 Å². The molecule has 0 saturated carbocycles. The van der Waals surface area contributed by atoms with Gasteiger partial charge in [-0.3, -0.25) is 4.79 Å². The Bertz CT molecular complexity index is 411. The highest BCUT2D eigenvalue weighted by atomic mass is 32.1. The van der Waals surface area contributed by atoms with Crippen LogP contribution in [0.4, 0.5) is 5.13 Å². The highest BCUT2D eigenvalue weighted by Crippen LogP contribution is 2.28. The van der Waals surface area contributed by atoms with Gasteiger partial charge in [-0.1, -0.05) is 11.3 Å². The first-order valence-electron chi connectivity index (χ1n) is 5.98. The molecule has 18 heavy (non-hydrogen) atoms. The molecule has 5 nitrogen and oxygen atoms in total. The monoisotopic (exact) mass is 270 g/mol. The molecule has 0 aromatic carbocycles. The van der Waals surface area contributed by atoms with Crippen molar-refractivity contribution in [2.75, 3.05) is 25.1 Å². The van der Waals surface area contributed by atoms with Crippen LogP contribution in [0, 0.1) is 0 Å². The van der Waals surface area contributed by atoms with Crippen LogP contribution in [0.25, 0.3) is 0 Å². The molecule has 0 bridgehead atoms. The number of hydrogen-bond acceptors (Lipinski definition) is 6. The lowest BCUT2D eigenvalue weighted by Gasteiger charge is -2.35. The van der Waals surface area contributed by atoms with Gasteiger partial charge in [-0.15, -0.1) is 0 Å². The van der Waals surface area contributed by atoms with Gasteiger partial charge in [0.2, 0.25) is 0 Å². The van der Waals surface area contributed by atoms with E-state index in [0.717, 1.165) is 30.2 Å². The van der Waals surface area contributed by atoms with Gasteiger partial charge in [0.05, 0.1) is 29.4 Å². The quantitative estimate of drug-likeness (QED) is 0.780. The van der Waals surface area contributed by atoms with E-state index < -0.39 is 0 Å². The molecule has 2 atom stereocenters. The lowest BCUT2D eigenvalue weighted by Crippen LogP contribution is -2.45. The number of rotatable bonds is 4. The van der Waals surface area contributed by atoms with Gasteiger partial charge in [0.1, 0.15) is 0 Å². The van der Waals surface area contributed by atoms with Crippen LogP contribution in [0.5, 0.6) is 0 Å². The molecular formula is C12H18N2O3S. The molecule has 1 aliphatic rings. The van der Waals surface area contributed by atoms with Gasteiger partial charge in [0.25, 0.3) is 0 Å². The largest absolute Gasteiger partial charge is 0.378 e. The van der Waals surface area contributed by atoms with Crippen molar-refractivity contribution < 1.29 is 14.3 Å². The smallest absolute Gasteiger partial charge is 0.186 e. The van der Waals surface area contributed by atoms with Crippen molar-refractivity contribution in [3.63, 3.8) is 0 Å². The number of aldehydes is 1. The summed E-state index contributed by atoms with van der Waals surface area (Å²) in [5.74, 6) is 0. The van der Waals surface area contributed by atoms with Gasteiger partial charge in [-0.25, -0.2) is 4.98 Å². The molecule has 1 saturated heterocycles. The number of aromatic nitrogens is 1.